The Bertz CT molecular complexity index is 1420. The second-order valence-corrected chi connectivity index (χ2v) is 12.4. The van der Waals surface area contributed by atoms with Gasteiger partial charge >= 0.3 is 0 Å². The molecule has 8 heteroatoms. The molecule has 7 nitrogen and oxygen atoms in total. The van der Waals surface area contributed by atoms with Gasteiger partial charge in [-0.1, -0.05) is 23.7 Å². The number of primary amides is 1. The zero-order chi connectivity index (χ0) is 30.5. The number of amides is 1. The lowest BCUT2D eigenvalue weighted by molar-refractivity contribution is -0.117. The largest absolute Gasteiger partial charge is 0.493 e. The number of hydrogen-bond acceptors (Lipinski definition) is 6. The Morgan fingerprint density at radius 3 is 2.37 bits per heavy atom. The van der Waals surface area contributed by atoms with E-state index in [4.69, 9.17) is 26.8 Å². The summed E-state index contributed by atoms with van der Waals surface area (Å²) in [7, 11) is 3.85. The third-order valence-electron chi connectivity index (χ3n) is 8.44. The number of benzene rings is 3. The smallest absolute Gasteiger partial charge is 0.231 e. The van der Waals surface area contributed by atoms with Gasteiger partial charge in [0, 0.05) is 42.2 Å². The van der Waals surface area contributed by atoms with Crippen molar-refractivity contribution < 1.29 is 14.3 Å². The minimum atomic E-state index is -0.292. The van der Waals surface area contributed by atoms with E-state index in [0.717, 1.165) is 66.1 Å². The van der Waals surface area contributed by atoms with Crippen LogP contribution in [0.1, 0.15) is 62.3 Å². The number of rotatable bonds is 11. The molecule has 43 heavy (non-hydrogen) atoms. The first kappa shape index (κ1) is 30.8. The molecule has 0 spiro atoms. The zero-order valence-corrected chi connectivity index (χ0v) is 26.3. The normalized spacial score (nSPS) is 19.7. The van der Waals surface area contributed by atoms with Gasteiger partial charge in [0.05, 0.1) is 25.8 Å². The molecule has 5 rings (SSSR count). The van der Waals surface area contributed by atoms with E-state index in [-0.39, 0.29) is 24.6 Å². The molecule has 3 aromatic carbocycles. The molecule has 0 aromatic heterocycles. The monoisotopic (exact) mass is 602 g/mol. The lowest BCUT2D eigenvalue weighted by Gasteiger charge is -2.36. The van der Waals surface area contributed by atoms with Crippen molar-refractivity contribution in [1.29, 1.82) is 0 Å². The summed E-state index contributed by atoms with van der Waals surface area (Å²) in [5.74, 6) is 1.80. The lowest BCUT2D eigenvalue weighted by atomic mass is 9.85. The highest BCUT2D eigenvalue weighted by Crippen LogP contribution is 2.44. The average molecular weight is 603 g/mol. The molecule has 0 radical (unpaired) electrons. The topological polar surface area (TPSA) is 80.1 Å². The van der Waals surface area contributed by atoms with E-state index in [9.17, 15) is 4.79 Å². The molecule has 1 fully saturated rings. The Morgan fingerprint density at radius 2 is 1.74 bits per heavy atom. The highest BCUT2D eigenvalue weighted by molar-refractivity contribution is 6.30. The van der Waals surface area contributed by atoms with E-state index in [1.165, 1.54) is 5.69 Å². The molecular weight excluding hydrogens is 560 g/mol. The number of ether oxygens (including phenoxy) is 2. The van der Waals surface area contributed by atoms with Crippen LogP contribution < -0.4 is 30.3 Å². The van der Waals surface area contributed by atoms with Crippen LogP contribution in [0.2, 0.25) is 5.02 Å². The first-order valence-corrected chi connectivity index (χ1v) is 15.5. The summed E-state index contributed by atoms with van der Waals surface area (Å²) < 4.78 is 11.8. The fraction of sp³-hybridized carbons (Fsp3) is 0.400. The Morgan fingerprint density at radius 1 is 1.05 bits per heavy atom. The maximum atomic E-state index is 11.1. The second-order valence-electron chi connectivity index (χ2n) is 11.9. The molecular formula is C35H43ClN4O3. The van der Waals surface area contributed by atoms with Crippen LogP contribution in [0.5, 0.6) is 11.5 Å². The summed E-state index contributed by atoms with van der Waals surface area (Å²) >= 11 is 6.29. The molecule has 1 atom stereocenters. The number of anilines is 2. The molecule has 1 amide bonds. The highest BCUT2D eigenvalue weighted by Gasteiger charge is 2.29. The van der Waals surface area contributed by atoms with E-state index in [1.54, 1.807) is 7.11 Å². The number of carbonyl (C=O) groups is 1. The van der Waals surface area contributed by atoms with Crippen molar-refractivity contribution in [1.82, 2.24) is 5.32 Å². The molecule has 1 saturated carbocycles. The molecule has 3 N–H and O–H groups in total. The van der Waals surface area contributed by atoms with Gasteiger partial charge in [-0.15, -0.1) is 0 Å². The lowest BCUT2D eigenvalue weighted by Crippen LogP contribution is -2.40. The first-order valence-electron chi connectivity index (χ1n) is 15.1. The first-order chi connectivity index (χ1) is 20.7. The number of hydrogen-bond donors (Lipinski definition) is 2. The summed E-state index contributed by atoms with van der Waals surface area (Å²) in [6.45, 7) is 5.32. The second kappa shape index (κ2) is 13.7. The van der Waals surface area contributed by atoms with E-state index in [0.29, 0.717) is 17.0 Å². The fourth-order valence-corrected chi connectivity index (χ4v) is 6.39. The standard InChI is InChI=1S/C35H43ClN4O3/c1-23(2)43-33-20-31-26(19-32(33)42-4)17-18-40(35(31)25-7-9-27(36)10-8-25)30-15-13-29(14-16-30)39(3)22-24-5-11-28(12-6-24)38-21-34(37)41/h7-10,13-20,23-24,28,35,38H,5-6,11-12,21-22H2,1-4H3,(H2,37,41)/t24?,28?,35-/m0/s1. The Balaban J connectivity index is 1.35. The van der Waals surface area contributed by atoms with Crippen molar-refractivity contribution in [3.05, 3.63) is 88.6 Å². The number of nitrogens with two attached hydrogens (primary N) is 1. The van der Waals surface area contributed by atoms with Gasteiger partial charge in [-0.3, -0.25) is 4.79 Å². The molecule has 3 aromatic rings. The van der Waals surface area contributed by atoms with Crippen LogP contribution in [-0.4, -0.2) is 45.3 Å². The van der Waals surface area contributed by atoms with Crippen LogP contribution >= 0.6 is 11.6 Å². The molecule has 2 aliphatic rings. The minimum Gasteiger partial charge on any atom is -0.493 e. The van der Waals surface area contributed by atoms with E-state index in [2.05, 4.69) is 83.0 Å². The van der Waals surface area contributed by atoms with Gasteiger partial charge in [0.15, 0.2) is 11.5 Å². The predicted octanol–water partition coefficient (Wildman–Crippen LogP) is 6.79. The molecule has 1 aliphatic carbocycles. The summed E-state index contributed by atoms with van der Waals surface area (Å²) in [4.78, 5) is 15.8. The summed E-state index contributed by atoms with van der Waals surface area (Å²) in [5.41, 5.74) is 11.0. The number of methoxy groups -OCH3 is 1. The van der Waals surface area contributed by atoms with Crippen molar-refractivity contribution in [3.63, 3.8) is 0 Å². The van der Waals surface area contributed by atoms with Crippen LogP contribution in [0, 0.1) is 5.92 Å². The van der Waals surface area contributed by atoms with Crippen LogP contribution in [0.4, 0.5) is 11.4 Å². The van der Waals surface area contributed by atoms with Gasteiger partial charge in [-0.2, -0.15) is 0 Å². The Kier molecular flexibility index (Phi) is 9.83. The van der Waals surface area contributed by atoms with E-state index < -0.39 is 0 Å². The maximum absolute atomic E-state index is 11.1. The highest BCUT2D eigenvalue weighted by atomic mass is 35.5. The Labute approximate surface area is 260 Å². The molecule has 228 valence electrons. The quantitative estimate of drug-likeness (QED) is 0.252. The van der Waals surface area contributed by atoms with Crippen LogP contribution in [0.25, 0.3) is 6.08 Å². The van der Waals surface area contributed by atoms with E-state index >= 15 is 0 Å². The van der Waals surface area contributed by atoms with E-state index in [1.807, 2.05) is 26.0 Å². The summed E-state index contributed by atoms with van der Waals surface area (Å²) in [6.07, 6.45) is 8.75. The van der Waals surface area contributed by atoms with Gasteiger partial charge in [0.2, 0.25) is 5.91 Å². The third-order valence-corrected chi connectivity index (χ3v) is 8.69. The van der Waals surface area contributed by atoms with Crippen LogP contribution in [0.15, 0.2) is 66.9 Å². The van der Waals surface area contributed by atoms with Gasteiger partial charge in [0.25, 0.3) is 0 Å². The van der Waals surface area contributed by atoms with Crippen molar-refractivity contribution >= 4 is 35.0 Å². The summed E-state index contributed by atoms with van der Waals surface area (Å²) in [6, 6.07) is 21.4. The van der Waals surface area contributed by atoms with Gasteiger partial charge in [-0.25, -0.2) is 0 Å². The number of halogens is 1. The van der Waals surface area contributed by atoms with Gasteiger partial charge in [0.1, 0.15) is 0 Å². The van der Waals surface area contributed by atoms with Gasteiger partial charge < -0.3 is 30.3 Å². The number of fused-ring (bicyclic) bond motifs is 1. The van der Waals surface area contributed by atoms with Crippen molar-refractivity contribution in [2.24, 2.45) is 11.7 Å². The van der Waals surface area contributed by atoms with Crippen molar-refractivity contribution in [2.45, 2.75) is 57.7 Å². The molecule has 1 heterocycles. The van der Waals surface area contributed by atoms with Gasteiger partial charge in [-0.05, 0) is 117 Å². The predicted molar refractivity (Wildman–Crippen MR) is 176 cm³/mol. The van der Waals surface area contributed by atoms with Crippen LogP contribution in [0.3, 0.4) is 0 Å². The zero-order valence-electron chi connectivity index (χ0n) is 25.6. The molecule has 0 unspecified atom stereocenters. The number of carbonyl (C=O) groups excluding carboxylic acids is 1. The minimum absolute atomic E-state index is 0.0224. The van der Waals surface area contributed by atoms with Crippen molar-refractivity contribution in [3.8, 4) is 11.5 Å². The number of nitrogens with one attached hydrogen (secondary N) is 1. The average Bonchev–Trinajstić information content (AvgIpc) is 3.00. The Hall–Kier alpha value is -3.68. The molecule has 1 aliphatic heterocycles. The third kappa shape index (κ3) is 7.46. The molecule has 0 bridgehead atoms. The summed E-state index contributed by atoms with van der Waals surface area (Å²) in [5, 5.41) is 4.00. The van der Waals surface area contributed by atoms with Crippen LogP contribution in [-0.2, 0) is 4.79 Å². The number of nitrogens with zero attached hydrogens (tertiary/aromatic N) is 2. The fourth-order valence-electron chi connectivity index (χ4n) is 6.26. The molecule has 0 saturated heterocycles. The maximum Gasteiger partial charge on any atom is 0.231 e. The van der Waals surface area contributed by atoms with Crippen molar-refractivity contribution in [2.75, 3.05) is 37.0 Å². The SMILES string of the molecule is COc1cc2c(cc1OC(C)C)[C@H](c1ccc(Cl)cc1)N(c1ccc(N(C)CC3CCC(NCC(N)=O)CC3)cc1)C=C2.